The van der Waals surface area contributed by atoms with Crippen molar-refractivity contribution >= 4 is 21.9 Å². The molecule has 0 amide bonds. The summed E-state index contributed by atoms with van der Waals surface area (Å²) >= 11 is 3.12. The molecule has 0 bridgehead atoms. The summed E-state index contributed by atoms with van der Waals surface area (Å²) in [5.41, 5.74) is 0. The Kier molecular flexibility index (Phi) is 4.13. The van der Waals surface area contributed by atoms with Crippen LogP contribution in [0.25, 0.3) is 0 Å². The van der Waals surface area contributed by atoms with Gasteiger partial charge in [-0.15, -0.1) is 6.42 Å². The summed E-state index contributed by atoms with van der Waals surface area (Å²) in [6.07, 6.45) is 5.08. The zero-order chi connectivity index (χ0) is 8.15. The SMILES string of the molecule is C#CC(C)C(Br)OC(C)=O. The minimum atomic E-state index is -0.366. The van der Waals surface area contributed by atoms with Crippen molar-refractivity contribution in [3.63, 3.8) is 0 Å². The second-order valence-corrected chi connectivity index (χ2v) is 2.82. The third-order valence-electron chi connectivity index (χ3n) is 0.935. The van der Waals surface area contributed by atoms with Crippen molar-refractivity contribution in [2.45, 2.75) is 18.9 Å². The maximum absolute atomic E-state index is 10.4. The third kappa shape index (κ3) is 3.52. The van der Waals surface area contributed by atoms with Crippen LogP contribution in [-0.2, 0) is 9.53 Å². The summed E-state index contributed by atoms with van der Waals surface area (Å²) in [5, 5.41) is -0.366. The Morgan fingerprint density at radius 3 is 2.60 bits per heavy atom. The largest absolute Gasteiger partial charge is 0.450 e. The van der Waals surface area contributed by atoms with Gasteiger partial charge in [0.1, 0.15) is 0 Å². The molecule has 0 fully saturated rings. The number of rotatable bonds is 2. The van der Waals surface area contributed by atoms with E-state index >= 15 is 0 Å². The van der Waals surface area contributed by atoms with Crippen molar-refractivity contribution in [1.29, 1.82) is 0 Å². The number of hydrogen-bond donors (Lipinski definition) is 0. The van der Waals surface area contributed by atoms with Crippen LogP contribution in [0.1, 0.15) is 13.8 Å². The van der Waals surface area contributed by atoms with Crippen LogP contribution in [-0.4, -0.2) is 11.0 Å². The van der Waals surface area contributed by atoms with Crippen LogP contribution >= 0.6 is 15.9 Å². The van der Waals surface area contributed by atoms with E-state index in [1.165, 1.54) is 6.92 Å². The fourth-order valence-electron chi connectivity index (χ4n) is 0.336. The van der Waals surface area contributed by atoms with Gasteiger partial charge < -0.3 is 4.74 Å². The molecule has 0 heterocycles. The van der Waals surface area contributed by atoms with Crippen molar-refractivity contribution in [3.8, 4) is 12.3 Å². The van der Waals surface area contributed by atoms with E-state index in [9.17, 15) is 4.79 Å². The second kappa shape index (κ2) is 4.35. The Morgan fingerprint density at radius 1 is 1.80 bits per heavy atom. The summed E-state index contributed by atoms with van der Waals surface area (Å²) in [7, 11) is 0. The average Bonchev–Trinajstić information content (AvgIpc) is 1.85. The first-order valence-corrected chi connectivity index (χ1v) is 3.77. The highest BCUT2D eigenvalue weighted by Gasteiger charge is 2.13. The van der Waals surface area contributed by atoms with Gasteiger partial charge in [0.25, 0.3) is 0 Å². The van der Waals surface area contributed by atoms with Gasteiger partial charge in [-0.05, 0) is 22.9 Å². The number of terminal acetylenes is 1. The molecule has 0 aromatic carbocycles. The fourth-order valence-corrected chi connectivity index (χ4v) is 0.752. The van der Waals surface area contributed by atoms with Gasteiger partial charge in [-0.25, -0.2) is 0 Å². The molecule has 0 spiro atoms. The van der Waals surface area contributed by atoms with E-state index in [1.54, 1.807) is 6.92 Å². The van der Waals surface area contributed by atoms with Crippen LogP contribution in [0.4, 0.5) is 0 Å². The lowest BCUT2D eigenvalue weighted by Crippen LogP contribution is -2.16. The van der Waals surface area contributed by atoms with Gasteiger partial charge in [-0.3, -0.25) is 4.79 Å². The van der Waals surface area contributed by atoms with Gasteiger partial charge in [0, 0.05) is 6.92 Å². The zero-order valence-electron chi connectivity index (χ0n) is 5.93. The molecule has 0 rings (SSSR count). The number of ether oxygens (including phenoxy) is 1. The van der Waals surface area contributed by atoms with Crippen LogP contribution in [0.3, 0.4) is 0 Å². The highest BCUT2D eigenvalue weighted by Crippen LogP contribution is 2.12. The third-order valence-corrected chi connectivity index (χ3v) is 1.91. The second-order valence-electron chi connectivity index (χ2n) is 1.92. The quantitative estimate of drug-likeness (QED) is 0.388. The van der Waals surface area contributed by atoms with E-state index < -0.39 is 0 Å². The standard InChI is InChI=1S/C7H9BrO2/c1-4-5(2)7(8)10-6(3)9/h1,5,7H,2-3H3. The lowest BCUT2D eigenvalue weighted by atomic mass is 10.2. The molecule has 0 aliphatic carbocycles. The van der Waals surface area contributed by atoms with Crippen molar-refractivity contribution < 1.29 is 9.53 Å². The number of alkyl halides is 1. The Balaban J connectivity index is 3.75. The normalized spacial score (nSPS) is 15.0. The van der Waals surface area contributed by atoms with E-state index in [2.05, 4.69) is 21.9 Å². The van der Waals surface area contributed by atoms with E-state index in [4.69, 9.17) is 11.2 Å². The molecule has 0 saturated carbocycles. The Labute approximate surface area is 69.1 Å². The van der Waals surface area contributed by atoms with Gasteiger partial charge in [0.05, 0.1) is 5.92 Å². The van der Waals surface area contributed by atoms with Crippen LogP contribution in [0.15, 0.2) is 0 Å². The molecule has 56 valence electrons. The first-order chi connectivity index (χ1) is 4.57. The zero-order valence-corrected chi connectivity index (χ0v) is 7.51. The van der Waals surface area contributed by atoms with E-state index in [-0.39, 0.29) is 16.9 Å². The molecule has 2 unspecified atom stereocenters. The molecule has 2 atom stereocenters. The minimum Gasteiger partial charge on any atom is -0.450 e. The minimum absolute atomic E-state index is 0.0936. The molecule has 3 heteroatoms. The fraction of sp³-hybridized carbons (Fsp3) is 0.571. The van der Waals surface area contributed by atoms with Gasteiger partial charge >= 0.3 is 5.97 Å². The highest BCUT2D eigenvalue weighted by molar-refractivity contribution is 9.09. The van der Waals surface area contributed by atoms with Gasteiger partial charge in [0.15, 0.2) is 5.01 Å². The molecule has 0 aromatic rings. The number of carbonyl (C=O) groups excluding carboxylic acids is 1. The van der Waals surface area contributed by atoms with Crippen molar-refractivity contribution in [2.75, 3.05) is 0 Å². The predicted molar refractivity (Wildman–Crippen MR) is 42.5 cm³/mol. The highest BCUT2D eigenvalue weighted by atomic mass is 79.9. The Hall–Kier alpha value is -0.490. The maximum Gasteiger partial charge on any atom is 0.303 e. The van der Waals surface area contributed by atoms with Gasteiger partial charge in [0.2, 0.25) is 0 Å². The molecule has 0 radical (unpaired) electrons. The summed E-state index contributed by atoms with van der Waals surface area (Å²) in [5.74, 6) is 2.02. The molecule has 0 aromatic heterocycles. The number of hydrogen-bond acceptors (Lipinski definition) is 2. The van der Waals surface area contributed by atoms with Gasteiger partial charge in [-0.1, -0.05) is 5.92 Å². The summed E-state index contributed by atoms with van der Waals surface area (Å²) in [4.78, 5) is 10.4. The first-order valence-electron chi connectivity index (χ1n) is 2.85. The van der Waals surface area contributed by atoms with Crippen molar-refractivity contribution in [3.05, 3.63) is 0 Å². The summed E-state index contributed by atoms with van der Waals surface area (Å²) < 4.78 is 4.74. The van der Waals surface area contributed by atoms with Crippen LogP contribution in [0.5, 0.6) is 0 Å². The van der Waals surface area contributed by atoms with Gasteiger partial charge in [-0.2, -0.15) is 0 Å². The molecule has 10 heavy (non-hydrogen) atoms. The van der Waals surface area contributed by atoms with Crippen LogP contribution in [0, 0.1) is 18.3 Å². The Bertz CT molecular complexity index is 159. The monoisotopic (exact) mass is 204 g/mol. The topological polar surface area (TPSA) is 26.3 Å². The maximum atomic E-state index is 10.4. The van der Waals surface area contributed by atoms with E-state index in [0.717, 1.165) is 0 Å². The first kappa shape index (κ1) is 9.51. The molecule has 0 aliphatic heterocycles. The predicted octanol–water partition coefficient (Wildman–Crippen LogP) is 1.54. The van der Waals surface area contributed by atoms with Crippen molar-refractivity contribution in [1.82, 2.24) is 0 Å². The molecule has 0 N–H and O–H groups in total. The molecule has 0 aliphatic rings. The number of carbonyl (C=O) groups is 1. The summed E-state index contributed by atoms with van der Waals surface area (Å²) in [6.45, 7) is 3.14. The van der Waals surface area contributed by atoms with Crippen LogP contribution in [0.2, 0.25) is 0 Å². The van der Waals surface area contributed by atoms with E-state index in [1.807, 2.05) is 0 Å². The number of halogens is 1. The average molecular weight is 205 g/mol. The molecular weight excluding hydrogens is 196 g/mol. The van der Waals surface area contributed by atoms with Crippen LogP contribution < -0.4 is 0 Å². The number of esters is 1. The van der Waals surface area contributed by atoms with E-state index in [0.29, 0.717) is 0 Å². The molecule has 2 nitrogen and oxygen atoms in total. The molecular formula is C7H9BrO2. The summed E-state index contributed by atoms with van der Waals surface area (Å²) in [6, 6.07) is 0. The lowest BCUT2D eigenvalue weighted by Gasteiger charge is -2.11. The van der Waals surface area contributed by atoms with Crippen molar-refractivity contribution in [2.24, 2.45) is 5.92 Å². The lowest BCUT2D eigenvalue weighted by molar-refractivity contribution is -0.143. The Morgan fingerprint density at radius 2 is 2.30 bits per heavy atom. The smallest absolute Gasteiger partial charge is 0.303 e. The molecule has 0 saturated heterocycles.